The smallest absolute Gasteiger partial charge is 0.332 e. The molecule has 116 valence electrons. The lowest BCUT2D eigenvalue weighted by Gasteiger charge is -2.16. The van der Waals surface area contributed by atoms with Gasteiger partial charge in [0, 0.05) is 29.5 Å². The predicted molar refractivity (Wildman–Crippen MR) is 89.9 cm³/mol. The third-order valence-corrected chi connectivity index (χ3v) is 5.33. The Morgan fingerprint density at radius 1 is 1.33 bits per heavy atom. The van der Waals surface area contributed by atoms with Gasteiger partial charge in [0.05, 0.1) is 23.6 Å². The Balaban J connectivity index is 2.37. The lowest BCUT2D eigenvalue weighted by molar-refractivity contribution is -0.140. The Morgan fingerprint density at radius 2 is 2.05 bits per heavy atom. The van der Waals surface area contributed by atoms with Gasteiger partial charge in [-0.3, -0.25) is 9.10 Å². The van der Waals surface area contributed by atoms with Crippen LogP contribution >= 0.6 is 45.0 Å². The number of benzene rings is 1. The Hall–Kier alpha value is -0.760. The molecular formula is C12H14Cl2N2O3S2. The van der Waals surface area contributed by atoms with Crippen LogP contribution in [0.15, 0.2) is 18.2 Å². The molecule has 0 bridgehead atoms. The van der Waals surface area contributed by atoms with Crippen molar-refractivity contribution >= 4 is 62.7 Å². The molecule has 0 aromatic heterocycles. The van der Waals surface area contributed by atoms with E-state index in [-0.39, 0.29) is 12.0 Å². The highest BCUT2D eigenvalue weighted by Crippen LogP contribution is 2.28. The van der Waals surface area contributed by atoms with Gasteiger partial charge in [-0.1, -0.05) is 34.0 Å². The summed E-state index contributed by atoms with van der Waals surface area (Å²) in [6.07, 6.45) is 0.302. The van der Waals surface area contributed by atoms with Gasteiger partial charge < -0.3 is 10.1 Å². The average Bonchev–Trinajstić information content (AvgIpc) is 2.46. The van der Waals surface area contributed by atoms with E-state index in [4.69, 9.17) is 23.2 Å². The number of rotatable bonds is 6. The van der Waals surface area contributed by atoms with Crippen LogP contribution in [0, 0.1) is 0 Å². The van der Waals surface area contributed by atoms with Crippen LogP contribution in [0.3, 0.4) is 0 Å². The summed E-state index contributed by atoms with van der Waals surface area (Å²) in [5, 5.41) is 3.49. The molecular weight excluding hydrogens is 355 g/mol. The molecule has 0 spiro atoms. The van der Waals surface area contributed by atoms with E-state index >= 15 is 0 Å². The number of esters is 1. The van der Waals surface area contributed by atoms with Crippen molar-refractivity contribution in [2.24, 2.45) is 0 Å². The fraction of sp³-hybridized carbons (Fsp3) is 0.333. The number of amides is 2. The van der Waals surface area contributed by atoms with E-state index in [9.17, 15) is 9.59 Å². The molecule has 1 N–H and O–H groups in total. The Kier molecular flexibility index (Phi) is 8.10. The van der Waals surface area contributed by atoms with Crippen molar-refractivity contribution < 1.29 is 14.3 Å². The van der Waals surface area contributed by atoms with Gasteiger partial charge in [0.1, 0.15) is 0 Å². The van der Waals surface area contributed by atoms with E-state index in [0.29, 0.717) is 27.9 Å². The molecule has 0 radical (unpaired) electrons. The minimum absolute atomic E-state index is 0.272. The molecule has 21 heavy (non-hydrogen) atoms. The summed E-state index contributed by atoms with van der Waals surface area (Å²) in [4.78, 5) is 22.8. The molecule has 1 rings (SSSR count). The molecule has 5 nitrogen and oxygen atoms in total. The van der Waals surface area contributed by atoms with Gasteiger partial charge >= 0.3 is 12.0 Å². The Bertz CT molecular complexity index is 517. The number of hydrogen-bond acceptors (Lipinski definition) is 5. The summed E-state index contributed by atoms with van der Waals surface area (Å²) < 4.78 is 5.95. The van der Waals surface area contributed by atoms with Crippen LogP contribution in [0.2, 0.25) is 10.0 Å². The van der Waals surface area contributed by atoms with Gasteiger partial charge in [0.15, 0.2) is 0 Å². The second kappa shape index (κ2) is 9.30. The number of carbonyl (C=O) groups is 2. The van der Waals surface area contributed by atoms with Crippen molar-refractivity contribution in [1.29, 1.82) is 0 Å². The molecule has 0 atom stereocenters. The zero-order valence-electron chi connectivity index (χ0n) is 11.4. The number of nitrogens with one attached hydrogen (secondary N) is 1. The maximum absolute atomic E-state index is 11.9. The highest BCUT2D eigenvalue weighted by Gasteiger charge is 2.11. The molecule has 0 saturated heterocycles. The van der Waals surface area contributed by atoms with E-state index in [2.05, 4.69) is 10.1 Å². The number of nitrogens with zero attached hydrogens (tertiary/aromatic N) is 1. The van der Waals surface area contributed by atoms with Crippen molar-refractivity contribution in [3.63, 3.8) is 0 Å². The van der Waals surface area contributed by atoms with Crippen molar-refractivity contribution in [2.75, 3.05) is 25.2 Å². The third kappa shape index (κ3) is 6.69. The number of anilines is 1. The summed E-state index contributed by atoms with van der Waals surface area (Å²) in [5.74, 6) is 0.285. The first-order valence-corrected chi connectivity index (χ1v) is 8.83. The topological polar surface area (TPSA) is 58.6 Å². The number of ether oxygens (including phenoxy) is 1. The summed E-state index contributed by atoms with van der Waals surface area (Å²) in [6.45, 7) is 0. The molecule has 9 heteroatoms. The van der Waals surface area contributed by atoms with E-state index in [1.807, 2.05) is 0 Å². The molecule has 0 aliphatic carbocycles. The van der Waals surface area contributed by atoms with E-state index in [1.165, 1.54) is 33.2 Å². The summed E-state index contributed by atoms with van der Waals surface area (Å²) in [6, 6.07) is 4.54. The lowest BCUT2D eigenvalue weighted by Crippen LogP contribution is -2.24. The molecule has 1 aromatic rings. The van der Waals surface area contributed by atoms with Crippen molar-refractivity contribution in [1.82, 2.24) is 4.31 Å². The standard InChI is InChI=1S/C12H14Cl2N2O3S2/c1-16(21-20-6-5-11(17)19-2)12(18)15-8-3-4-9(13)10(14)7-8/h3-4,7H,5-6H2,1-2H3,(H,15,18). The first-order chi connectivity index (χ1) is 9.93. The van der Waals surface area contributed by atoms with Gasteiger partial charge in [-0.25, -0.2) is 4.79 Å². The number of methoxy groups -OCH3 is 1. The van der Waals surface area contributed by atoms with Crippen molar-refractivity contribution in [3.05, 3.63) is 28.2 Å². The van der Waals surface area contributed by atoms with E-state index < -0.39 is 0 Å². The Labute approximate surface area is 141 Å². The molecule has 0 aliphatic rings. The van der Waals surface area contributed by atoms with Gasteiger partial charge in [-0.2, -0.15) is 0 Å². The second-order valence-electron chi connectivity index (χ2n) is 3.78. The van der Waals surface area contributed by atoms with Gasteiger partial charge in [-0.05, 0) is 18.2 Å². The lowest BCUT2D eigenvalue weighted by atomic mass is 10.3. The number of halogens is 2. The van der Waals surface area contributed by atoms with Crippen LogP contribution in [0.25, 0.3) is 0 Å². The quantitative estimate of drug-likeness (QED) is 0.350. The minimum Gasteiger partial charge on any atom is -0.469 e. The first kappa shape index (κ1) is 18.3. The third-order valence-electron chi connectivity index (χ3n) is 2.24. The molecule has 1 aromatic carbocycles. The number of urea groups is 1. The first-order valence-electron chi connectivity index (χ1n) is 5.80. The van der Waals surface area contributed by atoms with Crippen LogP contribution in [-0.4, -0.2) is 36.2 Å². The van der Waals surface area contributed by atoms with Gasteiger partial charge in [0.2, 0.25) is 0 Å². The van der Waals surface area contributed by atoms with Crippen LogP contribution in [0.4, 0.5) is 10.5 Å². The van der Waals surface area contributed by atoms with Gasteiger partial charge in [0.25, 0.3) is 0 Å². The Morgan fingerprint density at radius 3 is 2.67 bits per heavy atom. The summed E-state index contributed by atoms with van der Waals surface area (Å²) >= 11 is 11.7. The number of carbonyl (C=O) groups excluding carboxylic acids is 2. The molecule has 2 amide bonds. The number of hydrogen-bond donors (Lipinski definition) is 1. The van der Waals surface area contributed by atoms with Crippen LogP contribution in [0.5, 0.6) is 0 Å². The van der Waals surface area contributed by atoms with Crippen LogP contribution in [0.1, 0.15) is 6.42 Å². The molecule has 0 heterocycles. The summed E-state index contributed by atoms with van der Waals surface area (Å²) in [7, 11) is 5.59. The molecule has 0 unspecified atom stereocenters. The molecule has 0 fully saturated rings. The van der Waals surface area contributed by atoms with Crippen molar-refractivity contribution in [2.45, 2.75) is 6.42 Å². The largest absolute Gasteiger partial charge is 0.469 e. The second-order valence-corrected chi connectivity index (χ2v) is 7.09. The zero-order chi connectivity index (χ0) is 15.8. The highest BCUT2D eigenvalue weighted by atomic mass is 35.5. The van der Waals surface area contributed by atoms with Crippen LogP contribution in [-0.2, 0) is 9.53 Å². The predicted octanol–water partition coefficient (Wildman–Crippen LogP) is 4.32. The SMILES string of the molecule is COC(=O)CCSSN(C)C(=O)Nc1ccc(Cl)c(Cl)c1. The maximum atomic E-state index is 11.9. The molecule has 0 aliphatic heterocycles. The average molecular weight is 369 g/mol. The minimum atomic E-state index is -0.302. The van der Waals surface area contributed by atoms with Gasteiger partial charge in [-0.15, -0.1) is 0 Å². The van der Waals surface area contributed by atoms with Crippen LogP contribution < -0.4 is 5.32 Å². The zero-order valence-corrected chi connectivity index (χ0v) is 14.5. The fourth-order valence-corrected chi connectivity index (χ4v) is 3.20. The van der Waals surface area contributed by atoms with Crippen molar-refractivity contribution in [3.8, 4) is 0 Å². The summed E-state index contributed by atoms with van der Waals surface area (Å²) in [5.41, 5.74) is 0.557. The fourth-order valence-electron chi connectivity index (χ4n) is 1.15. The van der Waals surface area contributed by atoms with E-state index in [0.717, 1.165) is 0 Å². The van der Waals surface area contributed by atoms with E-state index in [1.54, 1.807) is 25.2 Å². The molecule has 0 saturated carbocycles. The highest BCUT2D eigenvalue weighted by molar-refractivity contribution is 8.75. The monoisotopic (exact) mass is 368 g/mol. The normalized spacial score (nSPS) is 10.1. The maximum Gasteiger partial charge on any atom is 0.332 e.